The van der Waals surface area contributed by atoms with Crippen molar-refractivity contribution in [3.05, 3.63) is 116 Å². The summed E-state index contributed by atoms with van der Waals surface area (Å²) in [5.41, 5.74) is 3.18. The lowest BCUT2D eigenvalue weighted by Crippen LogP contribution is -2.40. The van der Waals surface area contributed by atoms with Crippen molar-refractivity contribution < 1.29 is 4.79 Å². The molecule has 0 radical (unpaired) electrons. The molecular formula is C29H29N3O3. The fraction of sp³-hybridized carbons (Fsp3) is 0.276. The van der Waals surface area contributed by atoms with Crippen molar-refractivity contribution in [1.82, 2.24) is 14.0 Å². The Bertz CT molecular complexity index is 1460. The van der Waals surface area contributed by atoms with Gasteiger partial charge in [-0.3, -0.25) is 19.0 Å². The molecule has 0 bridgehead atoms. The molecule has 0 N–H and O–H groups in total. The number of carbonyl (C=O) groups excluding carboxylic acids is 1. The lowest BCUT2D eigenvalue weighted by Gasteiger charge is -2.32. The van der Waals surface area contributed by atoms with Crippen molar-refractivity contribution in [2.45, 2.75) is 25.8 Å². The van der Waals surface area contributed by atoms with Crippen LogP contribution in [0.2, 0.25) is 0 Å². The van der Waals surface area contributed by atoms with E-state index < -0.39 is 11.1 Å². The Morgan fingerprint density at radius 2 is 1.40 bits per heavy atom. The highest BCUT2D eigenvalue weighted by Gasteiger charge is 2.24. The first-order valence-electron chi connectivity index (χ1n) is 12.1. The Morgan fingerprint density at radius 3 is 2.09 bits per heavy atom. The van der Waals surface area contributed by atoms with Gasteiger partial charge in [-0.1, -0.05) is 54.6 Å². The molecule has 3 aromatic carbocycles. The van der Waals surface area contributed by atoms with Crippen LogP contribution in [0.1, 0.15) is 34.3 Å². The van der Waals surface area contributed by atoms with Crippen molar-refractivity contribution in [2.24, 2.45) is 13.0 Å². The minimum absolute atomic E-state index is 0.0471. The lowest BCUT2D eigenvalue weighted by atomic mass is 9.90. The van der Waals surface area contributed by atoms with Crippen molar-refractivity contribution in [3.63, 3.8) is 0 Å². The third-order valence-electron chi connectivity index (χ3n) is 7.08. The monoisotopic (exact) mass is 467 g/mol. The zero-order chi connectivity index (χ0) is 24.4. The molecule has 35 heavy (non-hydrogen) atoms. The van der Waals surface area contributed by atoms with Gasteiger partial charge < -0.3 is 9.47 Å². The van der Waals surface area contributed by atoms with Crippen LogP contribution in [0.25, 0.3) is 11.0 Å². The summed E-state index contributed by atoms with van der Waals surface area (Å²) in [5.74, 6) is 0.654. The number of piperidine rings is 1. The summed E-state index contributed by atoms with van der Waals surface area (Å²) in [6.45, 7) is 1.81. The Kier molecular flexibility index (Phi) is 6.36. The summed E-state index contributed by atoms with van der Waals surface area (Å²) < 4.78 is 2.89. The van der Waals surface area contributed by atoms with Crippen LogP contribution in [0, 0.1) is 5.92 Å². The maximum absolute atomic E-state index is 13.1. The molecule has 1 aliphatic heterocycles. The predicted molar refractivity (Wildman–Crippen MR) is 138 cm³/mol. The molecule has 2 heterocycles. The fourth-order valence-corrected chi connectivity index (χ4v) is 5.02. The van der Waals surface area contributed by atoms with Crippen molar-refractivity contribution in [1.29, 1.82) is 0 Å². The van der Waals surface area contributed by atoms with Crippen molar-refractivity contribution in [2.75, 3.05) is 13.1 Å². The average molecular weight is 468 g/mol. The van der Waals surface area contributed by atoms with Gasteiger partial charge in [-0.15, -0.1) is 0 Å². The molecule has 1 saturated heterocycles. The topological polar surface area (TPSA) is 64.3 Å². The molecule has 0 atom stereocenters. The van der Waals surface area contributed by atoms with Gasteiger partial charge in [0.25, 0.3) is 5.91 Å². The van der Waals surface area contributed by atoms with E-state index in [-0.39, 0.29) is 12.5 Å². The standard InChI is InChI=1S/C29H29N3O3/c1-30-25-9-5-6-10-26(25)32(29(35)28(30)34)20-23-11-13-24(14-12-23)27(33)31-17-15-22(16-18-31)19-21-7-3-2-4-8-21/h2-14,22H,15-20H2,1H3. The lowest BCUT2D eigenvalue weighted by molar-refractivity contribution is 0.0690. The number of carbonyl (C=O) groups is 1. The van der Waals surface area contributed by atoms with E-state index in [0.717, 1.165) is 37.9 Å². The Morgan fingerprint density at radius 1 is 0.771 bits per heavy atom. The van der Waals surface area contributed by atoms with Gasteiger partial charge in [-0.2, -0.15) is 0 Å². The summed E-state index contributed by atoms with van der Waals surface area (Å²) in [7, 11) is 1.61. The van der Waals surface area contributed by atoms with Crippen LogP contribution >= 0.6 is 0 Å². The number of benzene rings is 3. The SMILES string of the molecule is Cn1c(=O)c(=O)n(Cc2ccc(C(=O)N3CCC(Cc4ccccc4)CC3)cc2)c2ccccc21. The summed E-state index contributed by atoms with van der Waals surface area (Å²) in [4.78, 5) is 40.1. The molecule has 4 aromatic rings. The third kappa shape index (κ3) is 4.69. The zero-order valence-corrected chi connectivity index (χ0v) is 19.9. The Hall–Kier alpha value is -3.93. The van der Waals surface area contributed by atoms with Gasteiger partial charge >= 0.3 is 11.1 Å². The summed E-state index contributed by atoms with van der Waals surface area (Å²) in [5, 5.41) is 0. The van der Waals surface area contributed by atoms with Gasteiger partial charge in [-0.05, 0) is 60.6 Å². The van der Waals surface area contributed by atoms with E-state index in [9.17, 15) is 14.4 Å². The van der Waals surface area contributed by atoms with Gasteiger partial charge in [0.2, 0.25) is 0 Å². The van der Waals surface area contributed by atoms with Crippen LogP contribution in [-0.4, -0.2) is 33.0 Å². The summed E-state index contributed by atoms with van der Waals surface area (Å²) in [6.07, 6.45) is 3.09. The fourth-order valence-electron chi connectivity index (χ4n) is 5.02. The molecule has 1 fully saturated rings. The number of hydrogen-bond donors (Lipinski definition) is 0. The van der Waals surface area contributed by atoms with Crippen LogP contribution in [-0.2, 0) is 20.0 Å². The van der Waals surface area contributed by atoms with Crippen LogP contribution in [0.5, 0.6) is 0 Å². The highest BCUT2D eigenvalue weighted by molar-refractivity contribution is 5.94. The molecule has 1 aliphatic rings. The van der Waals surface area contributed by atoms with E-state index in [0.29, 0.717) is 22.5 Å². The largest absolute Gasteiger partial charge is 0.339 e. The maximum atomic E-state index is 13.1. The summed E-state index contributed by atoms with van der Waals surface area (Å²) in [6, 6.07) is 25.3. The minimum atomic E-state index is -0.551. The molecule has 5 rings (SSSR count). The molecule has 178 valence electrons. The number of para-hydroxylation sites is 2. The minimum Gasteiger partial charge on any atom is -0.339 e. The number of hydrogen-bond acceptors (Lipinski definition) is 3. The highest BCUT2D eigenvalue weighted by Crippen LogP contribution is 2.23. The third-order valence-corrected chi connectivity index (χ3v) is 7.08. The summed E-state index contributed by atoms with van der Waals surface area (Å²) >= 11 is 0. The molecule has 1 amide bonds. The number of aromatic nitrogens is 2. The first-order valence-corrected chi connectivity index (χ1v) is 12.1. The smallest absolute Gasteiger partial charge is 0.317 e. The van der Waals surface area contributed by atoms with E-state index in [1.807, 2.05) is 59.5 Å². The Balaban J connectivity index is 1.27. The van der Waals surface area contributed by atoms with Crippen LogP contribution in [0.4, 0.5) is 0 Å². The number of rotatable bonds is 5. The van der Waals surface area contributed by atoms with E-state index in [1.54, 1.807) is 7.05 Å². The van der Waals surface area contributed by atoms with E-state index in [4.69, 9.17) is 0 Å². The number of nitrogens with zero attached hydrogens (tertiary/aromatic N) is 3. The van der Waals surface area contributed by atoms with Crippen molar-refractivity contribution >= 4 is 16.9 Å². The number of fused-ring (bicyclic) bond motifs is 1. The highest BCUT2D eigenvalue weighted by atomic mass is 16.2. The quantitative estimate of drug-likeness (QED) is 0.419. The number of amides is 1. The second-order valence-electron chi connectivity index (χ2n) is 9.37. The molecule has 6 heteroatoms. The van der Waals surface area contributed by atoms with E-state index in [1.165, 1.54) is 14.7 Å². The molecule has 6 nitrogen and oxygen atoms in total. The number of aryl methyl sites for hydroxylation is 1. The van der Waals surface area contributed by atoms with E-state index >= 15 is 0 Å². The Labute approximate surface area is 204 Å². The second-order valence-corrected chi connectivity index (χ2v) is 9.37. The zero-order valence-electron chi connectivity index (χ0n) is 19.9. The molecule has 0 unspecified atom stereocenters. The van der Waals surface area contributed by atoms with Crippen LogP contribution in [0.3, 0.4) is 0 Å². The molecule has 1 aromatic heterocycles. The predicted octanol–water partition coefficient (Wildman–Crippen LogP) is 3.84. The van der Waals surface area contributed by atoms with Gasteiger partial charge in [0.1, 0.15) is 0 Å². The van der Waals surface area contributed by atoms with Crippen LogP contribution < -0.4 is 11.1 Å². The first kappa shape index (κ1) is 22.8. The normalized spacial score (nSPS) is 14.4. The molecular weight excluding hydrogens is 438 g/mol. The average Bonchev–Trinajstić information content (AvgIpc) is 2.91. The second kappa shape index (κ2) is 9.74. The maximum Gasteiger partial charge on any atom is 0.317 e. The number of likely N-dealkylation sites (tertiary alicyclic amines) is 1. The molecule has 0 aliphatic carbocycles. The van der Waals surface area contributed by atoms with Gasteiger partial charge in [0.15, 0.2) is 0 Å². The van der Waals surface area contributed by atoms with E-state index in [2.05, 4.69) is 24.3 Å². The molecule has 0 saturated carbocycles. The van der Waals surface area contributed by atoms with Gasteiger partial charge in [0, 0.05) is 25.7 Å². The van der Waals surface area contributed by atoms with Crippen molar-refractivity contribution in [3.8, 4) is 0 Å². The first-order chi connectivity index (χ1) is 17.0. The van der Waals surface area contributed by atoms with Gasteiger partial charge in [0.05, 0.1) is 17.6 Å². The van der Waals surface area contributed by atoms with Crippen LogP contribution in [0.15, 0.2) is 88.5 Å². The van der Waals surface area contributed by atoms with Gasteiger partial charge in [-0.25, -0.2) is 0 Å². The molecule has 0 spiro atoms.